The molecule has 1 rings (SSSR count). The molecule has 7 heteroatoms. The van der Waals surface area contributed by atoms with Crippen LogP contribution in [0.5, 0.6) is 0 Å². The van der Waals surface area contributed by atoms with Crippen molar-refractivity contribution in [3.63, 3.8) is 0 Å². The summed E-state index contributed by atoms with van der Waals surface area (Å²) < 4.78 is 25.6. The Labute approximate surface area is 89.5 Å². The summed E-state index contributed by atoms with van der Waals surface area (Å²) in [6.07, 6.45) is -1.55. The summed E-state index contributed by atoms with van der Waals surface area (Å²) in [4.78, 5) is 10.5. The Bertz CT molecular complexity index is 368. The van der Waals surface area contributed by atoms with Crippen molar-refractivity contribution in [2.75, 3.05) is 0 Å². The zero-order valence-corrected chi connectivity index (χ0v) is 8.58. The van der Waals surface area contributed by atoms with Gasteiger partial charge in [-0.1, -0.05) is 18.5 Å². The number of nitrogens with zero attached hydrogens (tertiary/aromatic N) is 2. The second kappa shape index (κ2) is 4.57. The SMILES string of the molecule is C[C@H](Cn1cc(Cl)c(C(F)F)n1)C(=O)O. The summed E-state index contributed by atoms with van der Waals surface area (Å²) in [7, 11) is 0. The topological polar surface area (TPSA) is 55.1 Å². The lowest BCUT2D eigenvalue weighted by Crippen LogP contribution is -2.17. The number of aliphatic carboxylic acids is 1. The Morgan fingerprint density at radius 3 is 2.73 bits per heavy atom. The number of hydrogen-bond donors (Lipinski definition) is 1. The number of carboxylic acids is 1. The molecule has 0 saturated heterocycles. The van der Waals surface area contributed by atoms with Crippen LogP contribution in [0, 0.1) is 5.92 Å². The van der Waals surface area contributed by atoms with Crippen molar-refractivity contribution in [2.24, 2.45) is 5.92 Å². The molecule has 0 aliphatic carbocycles. The molecule has 1 aromatic rings. The Balaban J connectivity index is 2.79. The number of carboxylic acid groups (broad SMARTS) is 1. The van der Waals surface area contributed by atoms with E-state index in [1.54, 1.807) is 0 Å². The first-order valence-electron chi connectivity index (χ1n) is 4.15. The van der Waals surface area contributed by atoms with Gasteiger partial charge >= 0.3 is 5.97 Å². The fourth-order valence-electron chi connectivity index (χ4n) is 1.01. The fourth-order valence-corrected chi connectivity index (χ4v) is 1.24. The molecule has 0 aromatic carbocycles. The summed E-state index contributed by atoms with van der Waals surface area (Å²) >= 11 is 5.49. The number of halogens is 3. The number of rotatable bonds is 4. The zero-order chi connectivity index (χ0) is 11.6. The second-order valence-corrected chi connectivity index (χ2v) is 3.53. The molecule has 0 fully saturated rings. The Hall–Kier alpha value is -1.17. The molecule has 0 spiro atoms. The molecule has 0 amide bonds. The second-order valence-electron chi connectivity index (χ2n) is 3.12. The van der Waals surface area contributed by atoms with E-state index >= 15 is 0 Å². The van der Waals surface area contributed by atoms with Crippen LogP contribution < -0.4 is 0 Å². The molecule has 0 unspecified atom stereocenters. The van der Waals surface area contributed by atoms with E-state index < -0.39 is 24.0 Å². The highest BCUT2D eigenvalue weighted by Gasteiger charge is 2.19. The van der Waals surface area contributed by atoms with E-state index in [0.29, 0.717) is 0 Å². The summed E-state index contributed by atoms with van der Waals surface area (Å²) in [5.74, 6) is -1.72. The number of hydrogen-bond acceptors (Lipinski definition) is 2. The van der Waals surface area contributed by atoms with Crippen LogP contribution in [-0.4, -0.2) is 20.9 Å². The first-order valence-corrected chi connectivity index (χ1v) is 4.53. The van der Waals surface area contributed by atoms with Crippen molar-refractivity contribution in [1.29, 1.82) is 0 Å². The molecule has 84 valence electrons. The van der Waals surface area contributed by atoms with Crippen LogP contribution in [0.25, 0.3) is 0 Å². The molecule has 0 radical (unpaired) electrons. The minimum Gasteiger partial charge on any atom is -0.481 e. The predicted molar refractivity (Wildman–Crippen MR) is 49.0 cm³/mol. The lowest BCUT2D eigenvalue weighted by molar-refractivity contribution is -0.141. The number of aromatic nitrogens is 2. The third kappa shape index (κ3) is 2.89. The van der Waals surface area contributed by atoms with Crippen molar-refractivity contribution < 1.29 is 18.7 Å². The van der Waals surface area contributed by atoms with Gasteiger partial charge in [-0.05, 0) is 0 Å². The monoisotopic (exact) mass is 238 g/mol. The molecule has 0 aliphatic rings. The van der Waals surface area contributed by atoms with E-state index in [-0.39, 0.29) is 11.6 Å². The number of carbonyl (C=O) groups is 1. The fraction of sp³-hybridized carbons (Fsp3) is 0.500. The Kier molecular flexibility index (Phi) is 3.62. The summed E-state index contributed by atoms with van der Waals surface area (Å²) in [5, 5.41) is 12.0. The molecule has 0 aliphatic heterocycles. The first kappa shape index (κ1) is 11.9. The summed E-state index contributed by atoms with van der Waals surface area (Å²) in [5.41, 5.74) is -0.519. The molecule has 15 heavy (non-hydrogen) atoms. The van der Waals surface area contributed by atoms with Gasteiger partial charge in [0.05, 0.1) is 17.5 Å². The van der Waals surface area contributed by atoms with Gasteiger partial charge in [0.15, 0.2) is 0 Å². The molecule has 0 bridgehead atoms. The maximum absolute atomic E-state index is 12.3. The van der Waals surface area contributed by atoms with Crippen molar-refractivity contribution in [2.45, 2.75) is 19.9 Å². The van der Waals surface area contributed by atoms with E-state index in [0.717, 1.165) is 4.68 Å². The standard InChI is InChI=1S/C8H9ClF2N2O2/c1-4(8(14)15)2-13-3-5(9)6(12-13)7(10)11/h3-4,7H,2H2,1H3,(H,14,15)/t4-/m1/s1. The largest absolute Gasteiger partial charge is 0.481 e. The van der Waals surface area contributed by atoms with Crippen LogP contribution in [-0.2, 0) is 11.3 Å². The van der Waals surface area contributed by atoms with E-state index in [4.69, 9.17) is 16.7 Å². The summed E-state index contributed by atoms with van der Waals surface area (Å²) in [6.45, 7) is 1.47. The van der Waals surface area contributed by atoms with Gasteiger partial charge in [-0.3, -0.25) is 9.48 Å². The van der Waals surface area contributed by atoms with Crippen LogP contribution >= 0.6 is 11.6 Å². The molecule has 0 saturated carbocycles. The molecule has 1 heterocycles. The quantitative estimate of drug-likeness (QED) is 0.875. The van der Waals surface area contributed by atoms with Crippen LogP contribution in [0.4, 0.5) is 8.78 Å². The average molecular weight is 239 g/mol. The van der Waals surface area contributed by atoms with Gasteiger partial charge in [-0.15, -0.1) is 0 Å². The maximum atomic E-state index is 12.3. The van der Waals surface area contributed by atoms with Crippen LogP contribution in [0.1, 0.15) is 19.0 Å². The van der Waals surface area contributed by atoms with Crippen molar-refractivity contribution in [3.8, 4) is 0 Å². The minimum absolute atomic E-state index is 0.0156. The third-order valence-corrected chi connectivity index (χ3v) is 2.12. The normalized spacial score (nSPS) is 13.1. The molecule has 1 atom stereocenters. The van der Waals surface area contributed by atoms with Gasteiger partial charge in [-0.25, -0.2) is 8.78 Å². The third-order valence-electron chi connectivity index (χ3n) is 1.83. The van der Waals surface area contributed by atoms with Gasteiger partial charge in [0, 0.05) is 6.20 Å². The highest BCUT2D eigenvalue weighted by Crippen LogP contribution is 2.25. The van der Waals surface area contributed by atoms with Crippen LogP contribution in [0.3, 0.4) is 0 Å². The molecular weight excluding hydrogens is 230 g/mol. The van der Waals surface area contributed by atoms with Gasteiger partial charge in [0.25, 0.3) is 6.43 Å². The highest BCUT2D eigenvalue weighted by molar-refractivity contribution is 6.31. The van der Waals surface area contributed by atoms with E-state index in [1.807, 2.05) is 0 Å². The highest BCUT2D eigenvalue weighted by atomic mass is 35.5. The maximum Gasteiger partial charge on any atom is 0.308 e. The van der Waals surface area contributed by atoms with Gasteiger partial charge < -0.3 is 5.11 Å². The predicted octanol–water partition coefficient (Wildman–Crippen LogP) is 2.19. The molecular formula is C8H9ClF2N2O2. The van der Waals surface area contributed by atoms with Gasteiger partial charge in [0.2, 0.25) is 0 Å². The van der Waals surface area contributed by atoms with E-state index in [2.05, 4.69) is 5.10 Å². The van der Waals surface area contributed by atoms with Crippen molar-refractivity contribution in [3.05, 3.63) is 16.9 Å². The van der Waals surface area contributed by atoms with Crippen LogP contribution in [0.15, 0.2) is 6.20 Å². The molecule has 1 aromatic heterocycles. The minimum atomic E-state index is -2.75. The first-order chi connectivity index (χ1) is 6.91. The molecule has 4 nitrogen and oxygen atoms in total. The van der Waals surface area contributed by atoms with E-state index in [1.165, 1.54) is 13.1 Å². The lowest BCUT2D eigenvalue weighted by Gasteiger charge is -2.05. The smallest absolute Gasteiger partial charge is 0.308 e. The Morgan fingerprint density at radius 2 is 2.33 bits per heavy atom. The Morgan fingerprint density at radius 1 is 1.73 bits per heavy atom. The summed E-state index contributed by atoms with van der Waals surface area (Å²) in [6, 6.07) is 0. The lowest BCUT2D eigenvalue weighted by atomic mass is 10.2. The van der Waals surface area contributed by atoms with Crippen LogP contribution in [0.2, 0.25) is 5.02 Å². The average Bonchev–Trinajstić information content (AvgIpc) is 2.46. The van der Waals surface area contributed by atoms with Crippen molar-refractivity contribution in [1.82, 2.24) is 9.78 Å². The van der Waals surface area contributed by atoms with Crippen molar-refractivity contribution >= 4 is 17.6 Å². The molecule has 1 N–H and O–H groups in total. The zero-order valence-electron chi connectivity index (χ0n) is 7.82. The van der Waals surface area contributed by atoms with E-state index in [9.17, 15) is 13.6 Å². The van der Waals surface area contributed by atoms with Gasteiger partial charge in [0.1, 0.15) is 5.69 Å². The number of alkyl halides is 2. The van der Waals surface area contributed by atoms with Gasteiger partial charge in [-0.2, -0.15) is 5.10 Å².